The van der Waals surface area contributed by atoms with Gasteiger partial charge in [0.2, 0.25) is 5.91 Å². The van der Waals surface area contributed by atoms with Crippen molar-refractivity contribution in [2.24, 2.45) is 17.1 Å². The molecule has 1 aliphatic rings. The number of amides is 1. The predicted octanol–water partition coefficient (Wildman–Crippen LogP) is 2.84. The Morgan fingerprint density at radius 1 is 1.22 bits per heavy atom. The molecule has 1 saturated carbocycles. The van der Waals surface area contributed by atoms with Gasteiger partial charge in [-0.2, -0.15) is 0 Å². The summed E-state index contributed by atoms with van der Waals surface area (Å²) in [7, 11) is 0. The molecule has 0 bridgehead atoms. The summed E-state index contributed by atoms with van der Waals surface area (Å²) in [6.07, 6.45) is 7.87. The summed E-state index contributed by atoms with van der Waals surface area (Å²) in [5, 5.41) is 3.70. The van der Waals surface area contributed by atoms with Crippen molar-refractivity contribution in [2.75, 3.05) is 6.54 Å². The largest absolute Gasteiger partial charge is 0.370 e. The van der Waals surface area contributed by atoms with Crippen LogP contribution in [0, 0.1) is 11.3 Å². The van der Waals surface area contributed by atoms with E-state index < -0.39 is 0 Å². The number of primary amides is 1. The van der Waals surface area contributed by atoms with Crippen molar-refractivity contribution in [1.82, 2.24) is 5.32 Å². The second kappa shape index (κ2) is 7.13. The van der Waals surface area contributed by atoms with E-state index in [0.29, 0.717) is 17.9 Å². The summed E-state index contributed by atoms with van der Waals surface area (Å²) in [6.45, 7) is 8.07. The van der Waals surface area contributed by atoms with E-state index in [-0.39, 0.29) is 5.91 Å². The van der Waals surface area contributed by atoms with Crippen LogP contribution >= 0.6 is 0 Å². The quantitative estimate of drug-likeness (QED) is 0.716. The maximum Gasteiger partial charge on any atom is 0.217 e. The van der Waals surface area contributed by atoms with Crippen molar-refractivity contribution in [3.05, 3.63) is 0 Å². The lowest BCUT2D eigenvalue weighted by molar-refractivity contribution is -0.118. The van der Waals surface area contributed by atoms with Crippen LogP contribution in [-0.2, 0) is 4.79 Å². The minimum absolute atomic E-state index is 0.180. The van der Waals surface area contributed by atoms with E-state index in [2.05, 4.69) is 26.1 Å². The van der Waals surface area contributed by atoms with Gasteiger partial charge in [-0.3, -0.25) is 4.79 Å². The molecule has 0 saturated heterocycles. The third-order valence-corrected chi connectivity index (χ3v) is 4.13. The van der Waals surface area contributed by atoms with E-state index in [4.69, 9.17) is 5.73 Å². The summed E-state index contributed by atoms with van der Waals surface area (Å²) in [5.74, 6) is 0.600. The fraction of sp³-hybridized carbons (Fsp3) is 0.933. The summed E-state index contributed by atoms with van der Waals surface area (Å²) < 4.78 is 0. The van der Waals surface area contributed by atoms with Crippen LogP contribution < -0.4 is 11.1 Å². The van der Waals surface area contributed by atoms with Gasteiger partial charge in [0.15, 0.2) is 0 Å². The number of unbranched alkanes of at least 4 members (excludes halogenated alkanes) is 1. The molecule has 0 spiro atoms. The van der Waals surface area contributed by atoms with Gasteiger partial charge in [-0.1, -0.05) is 33.6 Å². The molecule has 1 aliphatic carbocycles. The summed E-state index contributed by atoms with van der Waals surface area (Å²) in [4.78, 5) is 10.6. The number of carbonyl (C=O) groups is 1. The number of nitrogens with one attached hydrogen (secondary N) is 1. The second-order valence-electron chi connectivity index (χ2n) is 6.74. The highest BCUT2D eigenvalue weighted by Gasteiger charge is 2.33. The van der Waals surface area contributed by atoms with Crippen LogP contribution in [0.15, 0.2) is 0 Å². The highest BCUT2D eigenvalue weighted by atomic mass is 16.1. The summed E-state index contributed by atoms with van der Waals surface area (Å²) >= 11 is 0. The van der Waals surface area contributed by atoms with Gasteiger partial charge in [-0.05, 0) is 43.6 Å². The lowest BCUT2D eigenvalue weighted by Gasteiger charge is -2.41. The average molecular weight is 254 g/mol. The second-order valence-corrected chi connectivity index (χ2v) is 6.74. The first kappa shape index (κ1) is 15.5. The van der Waals surface area contributed by atoms with Crippen molar-refractivity contribution in [3.63, 3.8) is 0 Å². The standard InChI is InChI=1S/C15H30N2O/c1-15(2,3)12-8-4-5-9-13(12)17-11-7-6-10-14(16)18/h12-13,17H,4-11H2,1-3H3,(H2,16,18). The van der Waals surface area contributed by atoms with Crippen LogP contribution in [0.25, 0.3) is 0 Å². The van der Waals surface area contributed by atoms with Crippen LogP contribution in [0.5, 0.6) is 0 Å². The molecule has 1 fully saturated rings. The molecule has 3 nitrogen and oxygen atoms in total. The van der Waals surface area contributed by atoms with E-state index in [1.165, 1.54) is 25.7 Å². The van der Waals surface area contributed by atoms with Crippen LogP contribution in [-0.4, -0.2) is 18.5 Å². The molecule has 3 N–H and O–H groups in total. The van der Waals surface area contributed by atoms with Crippen LogP contribution in [0.2, 0.25) is 0 Å². The maximum atomic E-state index is 10.6. The zero-order valence-corrected chi connectivity index (χ0v) is 12.3. The van der Waals surface area contributed by atoms with Crippen molar-refractivity contribution >= 4 is 5.91 Å². The molecule has 0 aliphatic heterocycles. The van der Waals surface area contributed by atoms with Gasteiger partial charge in [-0.25, -0.2) is 0 Å². The van der Waals surface area contributed by atoms with E-state index in [9.17, 15) is 4.79 Å². The van der Waals surface area contributed by atoms with E-state index >= 15 is 0 Å². The number of nitrogens with two attached hydrogens (primary N) is 1. The topological polar surface area (TPSA) is 55.1 Å². The zero-order valence-electron chi connectivity index (χ0n) is 12.3. The van der Waals surface area contributed by atoms with Crippen molar-refractivity contribution in [3.8, 4) is 0 Å². The molecule has 3 heteroatoms. The third kappa shape index (κ3) is 5.38. The van der Waals surface area contributed by atoms with Crippen molar-refractivity contribution in [1.29, 1.82) is 0 Å². The fourth-order valence-electron chi connectivity index (χ4n) is 3.12. The Bertz CT molecular complexity index is 258. The Labute approximate surface area is 112 Å². The number of carbonyl (C=O) groups excluding carboxylic acids is 1. The SMILES string of the molecule is CC(C)(C)C1CCCCC1NCCCCC(N)=O. The zero-order chi connectivity index (χ0) is 13.6. The van der Waals surface area contributed by atoms with Crippen molar-refractivity contribution < 1.29 is 4.79 Å². The van der Waals surface area contributed by atoms with Crippen LogP contribution in [0.1, 0.15) is 65.7 Å². The van der Waals surface area contributed by atoms with Crippen LogP contribution in [0.3, 0.4) is 0 Å². The Morgan fingerprint density at radius 3 is 2.50 bits per heavy atom. The molecule has 0 aromatic rings. The van der Waals surface area contributed by atoms with Gasteiger partial charge >= 0.3 is 0 Å². The molecule has 0 heterocycles. The molecular weight excluding hydrogens is 224 g/mol. The number of rotatable bonds is 6. The van der Waals surface area contributed by atoms with Crippen LogP contribution in [0.4, 0.5) is 0 Å². The fourth-order valence-corrected chi connectivity index (χ4v) is 3.12. The molecule has 18 heavy (non-hydrogen) atoms. The molecule has 0 radical (unpaired) electrons. The molecule has 0 aromatic heterocycles. The lowest BCUT2D eigenvalue weighted by atomic mass is 9.69. The Balaban J connectivity index is 2.28. The van der Waals surface area contributed by atoms with E-state index in [1.807, 2.05) is 0 Å². The molecule has 2 atom stereocenters. The smallest absolute Gasteiger partial charge is 0.217 e. The van der Waals surface area contributed by atoms with Gasteiger partial charge in [0.1, 0.15) is 0 Å². The average Bonchev–Trinajstić information content (AvgIpc) is 2.27. The molecule has 1 rings (SSSR count). The maximum absolute atomic E-state index is 10.6. The monoisotopic (exact) mass is 254 g/mol. The minimum atomic E-state index is -0.180. The van der Waals surface area contributed by atoms with Gasteiger partial charge in [0.25, 0.3) is 0 Å². The molecule has 106 valence electrons. The lowest BCUT2D eigenvalue weighted by Crippen LogP contribution is -2.44. The minimum Gasteiger partial charge on any atom is -0.370 e. The van der Waals surface area contributed by atoms with E-state index in [1.54, 1.807) is 0 Å². The van der Waals surface area contributed by atoms with Crippen molar-refractivity contribution in [2.45, 2.75) is 71.8 Å². The molecule has 2 unspecified atom stereocenters. The first-order chi connectivity index (χ1) is 8.41. The normalized spacial score (nSPS) is 25.1. The molecule has 1 amide bonds. The highest BCUT2D eigenvalue weighted by Crippen LogP contribution is 2.37. The molecule has 0 aromatic carbocycles. The van der Waals surface area contributed by atoms with Gasteiger partial charge in [0, 0.05) is 12.5 Å². The Morgan fingerprint density at radius 2 is 1.89 bits per heavy atom. The van der Waals surface area contributed by atoms with Gasteiger partial charge in [-0.15, -0.1) is 0 Å². The number of hydrogen-bond donors (Lipinski definition) is 2. The first-order valence-electron chi connectivity index (χ1n) is 7.43. The Kier molecular flexibility index (Phi) is 6.13. The number of hydrogen-bond acceptors (Lipinski definition) is 2. The molecular formula is C15H30N2O. The first-order valence-corrected chi connectivity index (χ1v) is 7.43. The van der Waals surface area contributed by atoms with Gasteiger partial charge in [0.05, 0.1) is 0 Å². The predicted molar refractivity (Wildman–Crippen MR) is 76.2 cm³/mol. The van der Waals surface area contributed by atoms with E-state index in [0.717, 1.165) is 25.3 Å². The third-order valence-electron chi connectivity index (χ3n) is 4.13. The summed E-state index contributed by atoms with van der Waals surface area (Å²) in [5.41, 5.74) is 5.53. The highest BCUT2D eigenvalue weighted by molar-refractivity contribution is 5.73. The summed E-state index contributed by atoms with van der Waals surface area (Å²) in [6, 6.07) is 0.660. The Hall–Kier alpha value is -0.570. The van der Waals surface area contributed by atoms with Gasteiger partial charge < -0.3 is 11.1 Å².